The molecule has 1 aromatic heterocycles. The molecular formula is C10H8F3N3O2S. The highest BCUT2D eigenvalue weighted by Gasteiger charge is 2.30. The van der Waals surface area contributed by atoms with E-state index in [4.69, 9.17) is 10.5 Å². The maximum Gasteiger partial charge on any atom is 0.573 e. The van der Waals surface area contributed by atoms with Crippen LogP contribution in [-0.2, 0) is 6.61 Å². The van der Waals surface area contributed by atoms with Crippen molar-refractivity contribution in [3.05, 3.63) is 29.3 Å². The van der Waals surface area contributed by atoms with Crippen molar-refractivity contribution in [1.29, 1.82) is 0 Å². The van der Waals surface area contributed by atoms with E-state index in [0.717, 1.165) is 12.1 Å². The Hall–Kier alpha value is -2.03. The second kappa shape index (κ2) is 5.31. The fraction of sp³-hybridized carbons (Fsp3) is 0.200. The van der Waals surface area contributed by atoms with Crippen molar-refractivity contribution in [3.8, 4) is 11.5 Å². The first-order valence-corrected chi connectivity index (χ1v) is 5.80. The van der Waals surface area contributed by atoms with Gasteiger partial charge in [0.1, 0.15) is 18.1 Å². The second-order valence-corrected chi connectivity index (χ2v) is 4.44. The molecule has 0 atom stereocenters. The molecule has 1 heterocycles. The van der Waals surface area contributed by atoms with Crippen LogP contribution < -0.4 is 15.2 Å². The highest BCUT2D eigenvalue weighted by atomic mass is 32.1. The molecule has 2 N–H and O–H groups in total. The number of nitrogen functional groups attached to an aromatic ring is 1. The van der Waals surface area contributed by atoms with Crippen LogP contribution in [0.15, 0.2) is 24.3 Å². The summed E-state index contributed by atoms with van der Waals surface area (Å²) in [5.41, 5.74) is 5.39. The van der Waals surface area contributed by atoms with E-state index in [9.17, 15) is 13.2 Å². The fourth-order valence-corrected chi connectivity index (χ4v) is 1.73. The molecule has 0 spiro atoms. The van der Waals surface area contributed by atoms with Crippen LogP contribution in [0.2, 0.25) is 0 Å². The number of halogens is 3. The van der Waals surface area contributed by atoms with E-state index in [2.05, 4.69) is 14.9 Å². The summed E-state index contributed by atoms with van der Waals surface area (Å²) < 4.78 is 44.8. The summed E-state index contributed by atoms with van der Waals surface area (Å²) >= 11 is 1.18. The quantitative estimate of drug-likeness (QED) is 0.937. The molecule has 0 saturated heterocycles. The SMILES string of the molecule is Nc1nnc(COc2ccc(OC(F)(F)F)cc2)s1. The molecule has 0 saturated carbocycles. The summed E-state index contributed by atoms with van der Waals surface area (Å²) in [7, 11) is 0. The number of benzene rings is 1. The monoisotopic (exact) mass is 291 g/mol. The molecule has 0 amide bonds. The Morgan fingerprint density at radius 2 is 1.74 bits per heavy atom. The molecule has 19 heavy (non-hydrogen) atoms. The number of ether oxygens (including phenoxy) is 2. The molecule has 1 aromatic carbocycles. The van der Waals surface area contributed by atoms with Gasteiger partial charge >= 0.3 is 6.36 Å². The minimum absolute atomic E-state index is 0.147. The molecule has 102 valence electrons. The van der Waals surface area contributed by atoms with Gasteiger partial charge < -0.3 is 15.2 Å². The van der Waals surface area contributed by atoms with Crippen LogP contribution >= 0.6 is 11.3 Å². The lowest BCUT2D eigenvalue weighted by Crippen LogP contribution is -2.16. The lowest BCUT2D eigenvalue weighted by Gasteiger charge is -2.09. The number of hydrogen-bond donors (Lipinski definition) is 1. The molecule has 0 bridgehead atoms. The Kier molecular flexibility index (Phi) is 3.74. The predicted octanol–water partition coefficient (Wildman–Crippen LogP) is 2.60. The molecule has 9 heteroatoms. The number of anilines is 1. The normalized spacial score (nSPS) is 11.3. The third kappa shape index (κ3) is 4.28. The van der Waals surface area contributed by atoms with Crippen LogP contribution in [0.4, 0.5) is 18.3 Å². The van der Waals surface area contributed by atoms with Crippen molar-refractivity contribution in [2.24, 2.45) is 0 Å². The Morgan fingerprint density at radius 3 is 2.26 bits per heavy atom. The first kappa shape index (κ1) is 13.4. The van der Waals surface area contributed by atoms with Gasteiger partial charge in [0.25, 0.3) is 0 Å². The van der Waals surface area contributed by atoms with Crippen molar-refractivity contribution < 1.29 is 22.6 Å². The molecule has 0 aliphatic heterocycles. The highest BCUT2D eigenvalue weighted by molar-refractivity contribution is 7.15. The van der Waals surface area contributed by atoms with Gasteiger partial charge in [0, 0.05) is 0 Å². The number of rotatable bonds is 4. The minimum Gasteiger partial charge on any atom is -0.486 e. The largest absolute Gasteiger partial charge is 0.573 e. The van der Waals surface area contributed by atoms with Crippen LogP contribution in [0, 0.1) is 0 Å². The molecule has 0 aliphatic carbocycles. The lowest BCUT2D eigenvalue weighted by atomic mass is 10.3. The molecule has 2 rings (SSSR count). The third-order valence-corrected chi connectivity index (χ3v) is 2.63. The summed E-state index contributed by atoms with van der Waals surface area (Å²) in [5, 5.41) is 8.25. The van der Waals surface area contributed by atoms with Crippen molar-refractivity contribution in [2.75, 3.05) is 5.73 Å². The molecule has 2 aromatic rings. The summed E-state index contributed by atoms with van der Waals surface area (Å²) in [4.78, 5) is 0. The number of hydrogen-bond acceptors (Lipinski definition) is 6. The van der Waals surface area contributed by atoms with Crippen molar-refractivity contribution in [2.45, 2.75) is 13.0 Å². The van der Waals surface area contributed by atoms with Gasteiger partial charge in [0.2, 0.25) is 5.13 Å². The Morgan fingerprint density at radius 1 is 1.11 bits per heavy atom. The van der Waals surface area contributed by atoms with Gasteiger partial charge in [0.05, 0.1) is 0 Å². The topological polar surface area (TPSA) is 70.3 Å². The first-order valence-electron chi connectivity index (χ1n) is 4.99. The molecule has 0 radical (unpaired) electrons. The van der Waals surface area contributed by atoms with Crippen LogP contribution in [0.3, 0.4) is 0 Å². The van der Waals surface area contributed by atoms with Crippen LogP contribution in [0.25, 0.3) is 0 Å². The fourth-order valence-electron chi connectivity index (χ4n) is 1.21. The summed E-state index contributed by atoms with van der Waals surface area (Å²) in [5.74, 6) is 0.0864. The minimum atomic E-state index is -4.70. The Bertz CT molecular complexity index is 542. The van der Waals surface area contributed by atoms with Crippen molar-refractivity contribution in [3.63, 3.8) is 0 Å². The predicted molar refractivity (Wildman–Crippen MR) is 61.8 cm³/mol. The van der Waals surface area contributed by atoms with Crippen molar-refractivity contribution in [1.82, 2.24) is 10.2 Å². The summed E-state index contributed by atoms with van der Waals surface area (Å²) in [6, 6.07) is 5.06. The molecule has 0 aliphatic rings. The number of alkyl halides is 3. The van der Waals surface area contributed by atoms with Gasteiger partial charge in [-0.3, -0.25) is 0 Å². The van der Waals surface area contributed by atoms with E-state index >= 15 is 0 Å². The molecule has 0 fully saturated rings. The number of nitrogens with zero attached hydrogens (tertiary/aromatic N) is 2. The van der Waals surface area contributed by atoms with E-state index < -0.39 is 6.36 Å². The lowest BCUT2D eigenvalue weighted by molar-refractivity contribution is -0.274. The number of aromatic nitrogens is 2. The van der Waals surface area contributed by atoms with Crippen LogP contribution in [0.5, 0.6) is 11.5 Å². The zero-order valence-corrected chi connectivity index (χ0v) is 10.2. The van der Waals surface area contributed by atoms with Gasteiger partial charge in [-0.05, 0) is 24.3 Å². The van der Waals surface area contributed by atoms with Gasteiger partial charge in [0.15, 0.2) is 5.01 Å². The van der Waals surface area contributed by atoms with Crippen LogP contribution in [0.1, 0.15) is 5.01 Å². The average Bonchev–Trinajstić information content (AvgIpc) is 2.72. The summed E-state index contributed by atoms with van der Waals surface area (Å²) in [6.07, 6.45) is -4.70. The molecule has 0 unspecified atom stereocenters. The summed E-state index contributed by atoms with van der Waals surface area (Å²) in [6.45, 7) is 0.147. The Balaban J connectivity index is 1.91. The third-order valence-electron chi connectivity index (χ3n) is 1.90. The van der Waals surface area contributed by atoms with Crippen LogP contribution in [-0.4, -0.2) is 16.6 Å². The zero-order chi connectivity index (χ0) is 13.9. The van der Waals surface area contributed by atoms with E-state index in [1.165, 1.54) is 23.5 Å². The highest BCUT2D eigenvalue weighted by Crippen LogP contribution is 2.25. The second-order valence-electron chi connectivity index (χ2n) is 3.34. The van der Waals surface area contributed by atoms with Gasteiger partial charge in [-0.25, -0.2) is 0 Å². The van der Waals surface area contributed by atoms with Crippen molar-refractivity contribution >= 4 is 16.5 Å². The molecule has 5 nitrogen and oxygen atoms in total. The maximum atomic E-state index is 11.9. The average molecular weight is 291 g/mol. The zero-order valence-electron chi connectivity index (χ0n) is 9.35. The standard InChI is InChI=1S/C10H8F3N3O2S/c11-10(12,13)18-7-3-1-6(2-4-7)17-5-8-15-16-9(14)19-8/h1-4H,5H2,(H2,14,16). The Labute approximate surface area is 109 Å². The van der Waals surface area contributed by atoms with E-state index in [0.29, 0.717) is 15.9 Å². The van der Waals surface area contributed by atoms with Gasteiger partial charge in [-0.15, -0.1) is 23.4 Å². The first-order chi connectivity index (χ1) is 8.92. The number of nitrogens with two attached hydrogens (primary N) is 1. The van der Waals surface area contributed by atoms with E-state index in [1.807, 2.05) is 0 Å². The maximum absolute atomic E-state index is 11.9. The smallest absolute Gasteiger partial charge is 0.486 e. The van der Waals surface area contributed by atoms with E-state index in [-0.39, 0.29) is 12.4 Å². The molecular weight excluding hydrogens is 283 g/mol. The van der Waals surface area contributed by atoms with Gasteiger partial charge in [-0.1, -0.05) is 11.3 Å². The van der Waals surface area contributed by atoms with E-state index in [1.54, 1.807) is 0 Å². The van der Waals surface area contributed by atoms with Gasteiger partial charge in [-0.2, -0.15) is 0 Å².